The number of hydrogen-bond donors (Lipinski definition) is 1. The first-order chi connectivity index (χ1) is 19.5. The van der Waals surface area contributed by atoms with E-state index in [1.807, 2.05) is 39.0 Å². The van der Waals surface area contributed by atoms with Crippen LogP contribution in [-0.2, 0) is 50.2 Å². The first-order valence-corrected chi connectivity index (χ1v) is 16.4. The number of Topliss-reactive ketones (excluding diaryl/α,β-unsaturated/α-hetero) is 1. The van der Waals surface area contributed by atoms with Crippen LogP contribution < -0.4 is 4.72 Å². The largest absolute Gasteiger partial charge is 0.458 e. The Kier molecular flexibility index (Phi) is 8.29. The molecule has 0 radical (unpaired) electrons. The maximum Gasteiger partial charge on any atom is 0.317 e. The van der Waals surface area contributed by atoms with E-state index in [2.05, 4.69) is 25.9 Å². The fraction of sp³-hybridized carbons (Fsp3) is 0.567. The second kappa shape index (κ2) is 11.6. The van der Waals surface area contributed by atoms with E-state index in [4.69, 9.17) is 4.74 Å². The summed E-state index contributed by atoms with van der Waals surface area (Å²) < 4.78 is 33.6. The number of esters is 1. The molecular formula is C30H39N5O5S. The van der Waals surface area contributed by atoms with Crippen LogP contribution in [-0.4, -0.2) is 51.6 Å². The number of fused-ring (bicyclic) bond motifs is 1. The summed E-state index contributed by atoms with van der Waals surface area (Å²) >= 11 is 0. The molecule has 1 aromatic carbocycles. The molecule has 0 bridgehead atoms. The van der Waals surface area contributed by atoms with Crippen LogP contribution in [0, 0.1) is 25.7 Å². The predicted octanol–water partition coefficient (Wildman–Crippen LogP) is 3.59. The van der Waals surface area contributed by atoms with Gasteiger partial charge in [0.1, 0.15) is 11.5 Å². The molecule has 1 N–H and O–H groups in total. The molecule has 1 aliphatic heterocycles. The SMILES string of the molecule is CCc1cc(CCC2(C3CCCC3)CC(=O)C(Cc3nc4nc(C)cc(C)n4n3)C(=O)O2)ccc1CNS(C)(=O)=O. The third-order valence-corrected chi connectivity index (χ3v) is 9.28. The monoisotopic (exact) mass is 581 g/mol. The average Bonchev–Trinajstić information content (AvgIpc) is 3.59. The summed E-state index contributed by atoms with van der Waals surface area (Å²) in [6.45, 7) is 6.10. The summed E-state index contributed by atoms with van der Waals surface area (Å²) in [5, 5.41) is 4.50. The van der Waals surface area contributed by atoms with E-state index in [9.17, 15) is 18.0 Å². The fourth-order valence-electron chi connectivity index (χ4n) is 6.46. The number of aryl methyl sites for hydroxylation is 4. The highest BCUT2D eigenvalue weighted by atomic mass is 32.2. The van der Waals surface area contributed by atoms with Crippen molar-refractivity contribution in [1.29, 1.82) is 0 Å². The number of nitrogens with zero attached hydrogens (tertiary/aromatic N) is 4. The van der Waals surface area contributed by atoms with Gasteiger partial charge in [-0.25, -0.2) is 22.6 Å². The van der Waals surface area contributed by atoms with E-state index in [-0.39, 0.29) is 31.1 Å². The minimum absolute atomic E-state index is 0.100. The second-order valence-corrected chi connectivity index (χ2v) is 13.5. The van der Waals surface area contributed by atoms with E-state index < -0.39 is 27.5 Å². The topological polar surface area (TPSA) is 133 Å². The van der Waals surface area contributed by atoms with Crippen molar-refractivity contribution in [3.8, 4) is 0 Å². The van der Waals surface area contributed by atoms with E-state index in [0.29, 0.717) is 24.4 Å². The predicted molar refractivity (Wildman–Crippen MR) is 154 cm³/mol. The van der Waals surface area contributed by atoms with Gasteiger partial charge in [-0.1, -0.05) is 38.0 Å². The standard InChI is InChI=1S/C30H39N5O5S/c1-5-22-15-21(10-11-23(22)18-31-41(4,38)39)12-13-30(24-8-6-7-9-24)17-26(36)25(28(37)40-30)16-27-33-29-32-19(2)14-20(3)35(29)34-27/h10-11,14-15,24-25,31H,5-9,12-13,16-18H2,1-4H3. The molecule has 0 spiro atoms. The molecule has 41 heavy (non-hydrogen) atoms. The van der Waals surface area contributed by atoms with Crippen molar-refractivity contribution in [2.75, 3.05) is 6.26 Å². The van der Waals surface area contributed by atoms with Crippen molar-refractivity contribution >= 4 is 27.6 Å². The van der Waals surface area contributed by atoms with Crippen LogP contribution in [0.25, 0.3) is 5.78 Å². The molecule has 3 heterocycles. The first-order valence-electron chi connectivity index (χ1n) is 14.5. The molecule has 1 aliphatic carbocycles. The number of ether oxygens (including phenoxy) is 1. The number of cyclic esters (lactones) is 1. The zero-order valence-corrected chi connectivity index (χ0v) is 25.1. The summed E-state index contributed by atoms with van der Waals surface area (Å²) in [5.41, 5.74) is 4.00. The highest BCUT2D eigenvalue weighted by molar-refractivity contribution is 7.88. The molecule has 2 aromatic heterocycles. The number of ketones is 1. The molecular weight excluding hydrogens is 542 g/mol. The lowest BCUT2D eigenvalue weighted by atomic mass is 9.73. The number of carbonyl (C=O) groups excluding carboxylic acids is 2. The van der Waals surface area contributed by atoms with Crippen molar-refractivity contribution in [3.05, 3.63) is 58.2 Å². The van der Waals surface area contributed by atoms with Gasteiger partial charge in [0.2, 0.25) is 10.0 Å². The van der Waals surface area contributed by atoms with Gasteiger partial charge in [-0.2, -0.15) is 4.98 Å². The number of carbonyl (C=O) groups is 2. The third kappa shape index (κ3) is 6.51. The molecule has 220 valence electrons. The lowest BCUT2D eigenvalue weighted by Gasteiger charge is -2.43. The fourth-order valence-corrected chi connectivity index (χ4v) is 6.87. The van der Waals surface area contributed by atoms with Crippen molar-refractivity contribution in [1.82, 2.24) is 24.3 Å². The minimum atomic E-state index is -3.29. The molecule has 11 heteroatoms. The highest BCUT2D eigenvalue weighted by Gasteiger charge is 2.51. The van der Waals surface area contributed by atoms with Crippen molar-refractivity contribution in [3.63, 3.8) is 0 Å². The van der Waals surface area contributed by atoms with Gasteiger partial charge in [-0.05, 0) is 74.6 Å². The van der Waals surface area contributed by atoms with Gasteiger partial charge in [0, 0.05) is 30.8 Å². The Morgan fingerprint density at radius 1 is 1.10 bits per heavy atom. The third-order valence-electron chi connectivity index (χ3n) is 8.61. The van der Waals surface area contributed by atoms with Gasteiger partial charge in [0.05, 0.1) is 6.26 Å². The molecule has 2 aliphatic rings. The Balaban J connectivity index is 1.32. The van der Waals surface area contributed by atoms with Gasteiger partial charge in [-0.15, -0.1) is 5.10 Å². The maximum absolute atomic E-state index is 13.6. The average molecular weight is 582 g/mol. The zero-order chi connectivity index (χ0) is 29.4. The summed E-state index contributed by atoms with van der Waals surface area (Å²) in [5.74, 6) is -0.486. The van der Waals surface area contributed by atoms with Gasteiger partial charge in [-0.3, -0.25) is 9.59 Å². The van der Waals surface area contributed by atoms with Crippen molar-refractivity contribution < 1.29 is 22.7 Å². The number of sulfonamides is 1. The van der Waals surface area contributed by atoms with Crippen LogP contribution in [0.1, 0.15) is 79.4 Å². The van der Waals surface area contributed by atoms with Crippen LogP contribution in [0.2, 0.25) is 0 Å². The highest BCUT2D eigenvalue weighted by Crippen LogP contribution is 2.45. The summed E-state index contributed by atoms with van der Waals surface area (Å²) in [7, 11) is -3.29. The van der Waals surface area contributed by atoms with Crippen molar-refractivity contribution in [2.24, 2.45) is 11.8 Å². The van der Waals surface area contributed by atoms with Crippen LogP contribution >= 0.6 is 0 Å². The summed E-state index contributed by atoms with van der Waals surface area (Å²) in [4.78, 5) is 35.9. The number of nitrogens with one attached hydrogen (secondary N) is 1. The Bertz CT molecular complexity index is 1560. The molecule has 1 saturated heterocycles. The van der Waals surface area contributed by atoms with E-state index in [1.165, 1.54) is 0 Å². The van der Waals surface area contributed by atoms with Crippen LogP contribution in [0.15, 0.2) is 24.3 Å². The van der Waals surface area contributed by atoms with E-state index in [0.717, 1.165) is 66.4 Å². The van der Waals surface area contributed by atoms with Crippen molar-refractivity contribution in [2.45, 2.75) is 90.7 Å². The number of benzene rings is 1. The Labute approximate surface area is 241 Å². The van der Waals surface area contributed by atoms with E-state index in [1.54, 1.807) is 4.52 Å². The van der Waals surface area contributed by atoms with Crippen LogP contribution in [0.4, 0.5) is 0 Å². The number of hydrogen-bond acceptors (Lipinski definition) is 8. The van der Waals surface area contributed by atoms with E-state index >= 15 is 0 Å². The molecule has 0 amide bonds. The summed E-state index contributed by atoms with van der Waals surface area (Å²) in [6.07, 6.45) is 7.48. The molecule has 1 saturated carbocycles. The first kappa shape index (κ1) is 29.3. The Hall–Kier alpha value is -3.18. The van der Waals surface area contributed by atoms with Gasteiger partial charge >= 0.3 is 5.97 Å². The quantitative estimate of drug-likeness (QED) is 0.284. The van der Waals surface area contributed by atoms with Gasteiger partial charge in [0.15, 0.2) is 11.6 Å². The molecule has 2 fully saturated rings. The minimum Gasteiger partial charge on any atom is -0.458 e. The smallest absolute Gasteiger partial charge is 0.317 e. The van der Waals surface area contributed by atoms with Gasteiger partial charge in [0.25, 0.3) is 5.78 Å². The molecule has 10 nitrogen and oxygen atoms in total. The Morgan fingerprint density at radius 3 is 2.54 bits per heavy atom. The molecule has 3 aromatic rings. The zero-order valence-electron chi connectivity index (χ0n) is 24.3. The number of aromatic nitrogens is 4. The second-order valence-electron chi connectivity index (χ2n) is 11.7. The lowest BCUT2D eigenvalue weighted by molar-refractivity contribution is -0.185. The molecule has 2 atom stereocenters. The molecule has 5 rings (SSSR count). The Morgan fingerprint density at radius 2 is 1.85 bits per heavy atom. The number of rotatable bonds is 10. The lowest BCUT2D eigenvalue weighted by Crippen LogP contribution is -2.52. The molecule has 2 unspecified atom stereocenters. The van der Waals surface area contributed by atoms with Crippen LogP contribution in [0.5, 0.6) is 0 Å². The summed E-state index contributed by atoms with van der Waals surface area (Å²) in [6, 6.07) is 7.97. The van der Waals surface area contributed by atoms with Gasteiger partial charge < -0.3 is 4.74 Å². The normalized spacial score (nSPS) is 22.0. The van der Waals surface area contributed by atoms with Crippen LogP contribution in [0.3, 0.4) is 0 Å². The maximum atomic E-state index is 13.6.